The number of hydrogen-bond acceptors (Lipinski definition) is 8. The quantitative estimate of drug-likeness (QED) is 0.364. The second-order valence-electron chi connectivity index (χ2n) is 4.18. The normalized spacial score (nSPS) is 15.9. The minimum Gasteiger partial charge on any atom is -0.456 e. The SMILES string of the molecule is CC(=O)O[C@H]([C@H](OC(C)=O)[C@@H](F)C(=O)F)[C@@H](CO)OC(C)=O. The van der Waals surface area contributed by atoms with Crippen LogP contribution in [0.3, 0.4) is 0 Å². The van der Waals surface area contributed by atoms with E-state index < -0.39 is 55.0 Å². The molecular weight excluding hydrogens is 310 g/mol. The zero-order chi connectivity index (χ0) is 17.4. The molecule has 0 aromatic rings. The van der Waals surface area contributed by atoms with Crippen molar-refractivity contribution in [2.45, 2.75) is 45.3 Å². The third-order valence-corrected chi connectivity index (χ3v) is 2.30. The molecule has 4 atom stereocenters. The molecule has 0 saturated carbocycles. The van der Waals surface area contributed by atoms with Crippen molar-refractivity contribution in [2.24, 2.45) is 0 Å². The Morgan fingerprint density at radius 3 is 1.64 bits per heavy atom. The largest absolute Gasteiger partial charge is 0.456 e. The molecule has 22 heavy (non-hydrogen) atoms. The van der Waals surface area contributed by atoms with Crippen molar-refractivity contribution in [3.05, 3.63) is 0 Å². The lowest BCUT2D eigenvalue weighted by Crippen LogP contribution is -2.52. The molecule has 0 bridgehead atoms. The molecule has 1 N–H and O–H groups in total. The number of hydrogen-bond donors (Lipinski definition) is 1. The maximum Gasteiger partial charge on any atom is 0.339 e. The van der Waals surface area contributed by atoms with Crippen LogP contribution in [0.15, 0.2) is 0 Å². The number of alkyl halides is 1. The van der Waals surface area contributed by atoms with Crippen LogP contribution in [0.4, 0.5) is 8.78 Å². The third-order valence-electron chi connectivity index (χ3n) is 2.30. The Morgan fingerprint density at radius 2 is 1.32 bits per heavy atom. The van der Waals surface area contributed by atoms with Gasteiger partial charge in [0.2, 0.25) is 6.17 Å². The first-order valence-electron chi connectivity index (χ1n) is 6.06. The van der Waals surface area contributed by atoms with E-state index in [2.05, 4.69) is 14.2 Å². The Morgan fingerprint density at radius 1 is 0.909 bits per heavy atom. The minimum atomic E-state index is -2.99. The Labute approximate surface area is 124 Å². The van der Waals surface area contributed by atoms with Crippen LogP contribution < -0.4 is 0 Å². The summed E-state index contributed by atoms with van der Waals surface area (Å²) in [7, 11) is 0. The van der Waals surface area contributed by atoms with Crippen LogP contribution in [0.2, 0.25) is 0 Å². The Balaban J connectivity index is 5.60. The summed E-state index contributed by atoms with van der Waals surface area (Å²) in [5.41, 5.74) is 0. The van der Waals surface area contributed by atoms with Crippen LogP contribution in [0.1, 0.15) is 20.8 Å². The molecule has 0 radical (unpaired) electrons. The molecule has 0 unspecified atom stereocenters. The van der Waals surface area contributed by atoms with Crippen molar-refractivity contribution in [3.63, 3.8) is 0 Å². The Hall–Kier alpha value is -2.10. The van der Waals surface area contributed by atoms with Gasteiger partial charge in [-0.25, -0.2) is 4.39 Å². The molecule has 0 aromatic carbocycles. The van der Waals surface area contributed by atoms with Gasteiger partial charge in [0.15, 0.2) is 18.3 Å². The molecule has 0 fully saturated rings. The first kappa shape index (κ1) is 19.9. The zero-order valence-corrected chi connectivity index (χ0v) is 12.1. The van der Waals surface area contributed by atoms with E-state index >= 15 is 0 Å². The Bertz CT molecular complexity index is 439. The lowest BCUT2D eigenvalue weighted by molar-refractivity contribution is -0.193. The molecule has 126 valence electrons. The molecule has 0 aliphatic rings. The highest BCUT2D eigenvalue weighted by molar-refractivity contribution is 5.75. The maximum absolute atomic E-state index is 13.7. The molecule has 0 aliphatic carbocycles. The van der Waals surface area contributed by atoms with Gasteiger partial charge in [-0.1, -0.05) is 0 Å². The van der Waals surface area contributed by atoms with Gasteiger partial charge in [0, 0.05) is 20.8 Å². The number of esters is 3. The number of ether oxygens (including phenoxy) is 3. The summed E-state index contributed by atoms with van der Waals surface area (Å²) in [6.07, 6.45) is -8.79. The van der Waals surface area contributed by atoms with Crippen molar-refractivity contribution in [1.82, 2.24) is 0 Å². The molecule has 0 aliphatic heterocycles. The van der Waals surface area contributed by atoms with E-state index in [1.807, 2.05) is 0 Å². The molecule has 0 rings (SSSR count). The molecule has 10 heteroatoms. The van der Waals surface area contributed by atoms with Crippen molar-refractivity contribution < 1.29 is 47.3 Å². The van der Waals surface area contributed by atoms with E-state index in [0.29, 0.717) is 0 Å². The van der Waals surface area contributed by atoms with Crippen molar-refractivity contribution >= 4 is 23.9 Å². The van der Waals surface area contributed by atoms with E-state index in [-0.39, 0.29) is 0 Å². The van der Waals surface area contributed by atoms with Crippen LogP contribution >= 0.6 is 0 Å². The van der Waals surface area contributed by atoms with Gasteiger partial charge in [-0.2, -0.15) is 4.39 Å². The van der Waals surface area contributed by atoms with Crippen molar-refractivity contribution in [1.29, 1.82) is 0 Å². The number of aliphatic hydroxyl groups excluding tert-OH is 1. The van der Waals surface area contributed by atoms with E-state index in [9.17, 15) is 28.0 Å². The highest BCUT2D eigenvalue weighted by atomic mass is 19.2. The van der Waals surface area contributed by atoms with Gasteiger partial charge < -0.3 is 19.3 Å². The summed E-state index contributed by atoms with van der Waals surface area (Å²) < 4.78 is 39.9. The highest BCUT2D eigenvalue weighted by Crippen LogP contribution is 2.20. The predicted octanol–water partition coefficient (Wildman–Crippen LogP) is -0.392. The molecule has 0 heterocycles. The summed E-state index contributed by atoms with van der Waals surface area (Å²) in [6, 6.07) is -2.48. The fraction of sp³-hybridized carbons (Fsp3) is 0.667. The third kappa shape index (κ3) is 6.57. The maximum atomic E-state index is 13.7. The summed E-state index contributed by atoms with van der Waals surface area (Å²) in [4.78, 5) is 43.5. The van der Waals surface area contributed by atoms with Gasteiger partial charge in [0.1, 0.15) is 0 Å². The number of carbonyl (C=O) groups excluding carboxylic acids is 4. The second kappa shape index (κ2) is 9.03. The molecule has 0 saturated heterocycles. The van der Waals surface area contributed by atoms with Crippen LogP contribution in [-0.4, -0.2) is 60.1 Å². The van der Waals surface area contributed by atoms with Gasteiger partial charge in [-0.15, -0.1) is 0 Å². The number of halogens is 2. The average molecular weight is 326 g/mol. The molecule has 0 aromatic heterocycles. The monoisotopic (exact) mass is 326 g/mol. The van der Waals surface area contributed by atoms with Gasteiger partial charge >= 0.3 is 23.9 Å². The van der Waals surface area contributed by atoms with Crippen LogP contribution in [0.25, 0.3) is 0 Å². The van der Waals surface area contributed by atoms with E-state index in [0.717, 1.165) is 20.8 Å². The van der Waals surface area contributed by atoms with Crippen molar-refractivity contribution in [3.8, 4) is 0 Å². The first-order chi connectivity index (χ1) is 10.1. The van der Waals surface area contributed by atoms with Crippen LogP contribution in [-0.2, 0) is 33.4 Å². The van der Waals surface area contributed by atoms with Gasteiger partial charge in [0.05, 0.1) is 6.61 Å². The van der Waals surface area contributed by atoms with Crippen molar-refractivity contribution in [2.75, 3.05) is 6.61 Å². The summed E-state index contributed by atoms with van der Waals surface area (Å²) in [6.45, 7) is 1.72. The van der Waals surface area contributed by atoms with Gasteiger partial charge in [-0.05, 0) is 0 Å². The zero-order valence-electron chi connectivity index (χ0n) is 12.1. The molecule has 8 nitrogen and oxygen atoms in total. The van der Waals surface area contributed by atoms with E-state index in [1.165, 1.54) is 0 Å². The first-order valence-corrected chi connectivity index (χ1v) is 6.06. The van der Waals surface area contributed by atoms with E-state index in [1.54, 1.807) is 0 Å². The molecule has 0 spiro atoms. The van der Waals surface area contributed by atoms with Gasteiger partial charge in [-0.3, -0.25) is 19.2 Å². The fourth-order valence-electron chi connectivity index (χ4n) is 1.58. The lowest BCUT2D eigenvalue weighted by atomic mass is 10.0. The van der Waals surface area contributed by atoms with E-state index in [4.69, 9.17) is 5.11 Å². The summed E-state index contributed by atoms with van der Waals surface area (Å²) >= 11 is 0. The number of carbonyl (C=O) groups is 4. The van der Waals surface area contributed by atoms with Crippen LogP contribution in [0, 0.1) is 0 Å². The average Bonchev–Trinajstić information content (AvgIpc) is 2.38. The summed E-state index contributed by atoms with van der Waals surface area (Å²) in [5, 5.41) is 9.15. The molecule has 0 amide bonds. The minimum absolute atomic E-state index is 0.840. The number of rotatable bonds is 8. The fourth-order valence-corrected chi connectivity index (χ4v) is 1.58. The number of aliphatic hydroxyl groups is 1. The van der Waals surface area contributed by atoms with Gasteiger partial charge in [0.25, 0.3) is 0 Å². The summed E-state index contributed by atoms with van der Waals surface area (Å²) in [5.74, 6) is -3.06. The molecular formula is C12H16F2O8. The smallest absolute Gasteiger partial charge is 0.339 e. The standard InChI is InChI=1S/C12H16F2O8/c1-5(16)20-8(4-15)10(21-6(2)17)11(22-7(3)18)9(13)12(14)19/h8-11,15H,4H2,1-3H3/t8-,9-,10+,11-/m1/s1. The predicted molar refractivity (Wildman–Crippen MR) is 64.8 cm³/mol. The lowest BCUT2D eigenvalue weighted by Gasteiger charge is -2.31. The second-order valence-corrected chi connectivity index (χ2v) is 4.18. The Kier molecular flexibility index (Phi) is 8.17. The topological polar surface area (TPSA) is 116 Å². The van der Waals surface area contributed by atoms with Crippen LogP contribution in [0.5, 0.6) is 0 Å². The highest BCUT2D eigenvalue weighted by Gasteiger charge is 2.44.